The Hall–Kier alpha value is -1.12. The SMILES string of the molecule is C=C(C(=O)CC)C(CCC)OC(C)=O. The van der Waals surface area contributed by atoms with E-state index in [9.17, 15) is 9.59 Å². The molecule has 0 aliphatic rings. The maximum Gasteiger partial charge on any atom is 0.303 e. The first-order valence-corrected chi connectivity index (χ1v) is 4.92. The predicted molar refractivity (Wildman–Crippen MR) is 54.9 cm³/mol. The van der Waals surface area contributed by atoms with E-state index >= 15 is 0 Å². The summed E-state index contributed by atoms with van der Waals surface area (Å²) in [5.74, 6) is -0.404. The van der Waals surface area contributed by atoms with Gasteiger partial charge in [-0.25, -0.2) is 0 Å². The van der Waals surface area contributed by atoms with Crippen LogP contribution in [-0.4, -0.2) is 17.9 Å². The largest absolute Gasteiger partial charge is 0.458 e. The van der Waals surface area contributed by atoms with Crippen LogP contribution in [0.5, 0.6) is 0 Å². The minimum Gasteiger partial charge on any atom is -0.458 e. The van der Waals surface area contributed by atoms with Gasteiger partial charge in [-0.3, -0.25) is 9.59 Å². The van der Waals surface area contributed by atoms with Crippen molar-refractivity contribution in [3.63, 3.8) is 0 Å². The molecule has 0 aliphatic heterocycles. The van der Waals surface area contributed by atoms with Crippen molar-refractivity contribution in [1.29, 1.82) is 0 Å². The molecule has 0 N–H and O–H groups in total. The van der Waals surface area contributed by atoms with Crippen molar-refractivity contribution in [2.45, 2.75) is 46.1 Å². The second-order valence-corrected chi connectivity index (χ2v) is 3.19. The highest BCUT2D eigenvalue weighted by Gasteiger charge is 2.19. The number of carbonyl (C=O) groups excluding carboxylic acids is 2. The van der Waals surface area contributed by atoms with Crippen LogP contribution in [-0.2, 0) is 14.3 Å². The van der Waals surface area contributed by atoms with Gasteiger partial charge in [-0.15, -0.1) is 0 Å². The highest BCUT2D eigenvalue weighted by atomic mass is 16.5. The summed E-state index contributed by atoms with van der Waals surface area (Å²) in [7, 11) is 0. The molecule has 80 valence electrons. The predicted octanol–water partition coefficient (Wildman–Crippen LogP) is 2.25. The van der Waals surface area contributed by atoms with Gasteiger partial charge in [0.05, 0.1) is 0 Å². The molecule has 0 aromatic carbocycles. The van der Waals surface area contributed by atoms with Gasteiger partial charge in [0, 0.05) is 18.9 Å². The molecule has 0 radical (unpaired) electrons. The van der Waals surface area contributed by atoms with Crippen LogP contribution in [0, 0.1) is 0 Å². The molecular weight excluding hydrogens is 180 g/mol. The molecule has 14 heavy (non-hydrogen) atoms. The van der Waals surface area contributed by atoms with Gasteiger partial charge in [-0.2, -0.15) is 0 Å². The third kappa shape index (κ3) is 4.21. The van der Waals surface area contributed by atoms with Crippen molar-refractivity contribution < 1.29 is 14.3 Å². The lowest BCUT2D eigenvalue weighted by atomic mass is 10.0. The molecule has 0 fully saturated rings. The fourth-order valence-corrected chi connectivity index (χ4v) is 1.17. The minimum absolute atomic E-state index is 0.0373. The summed E-state index contributed by atoms with van der Waals surface area (Å²) in [6, 6.07) is 0. The number of hydrogen-bond acceptors (Lipinski definition) is 3. The van der Waals surface area contributed by atoms with Crippen molar-refractivity contribution in [3.05, 3.63) is 12.2 Å². The molecule has 0 saturated carbocycles. The Kier molecular flexibility index (Phi) is 5.84. The normalized spacial score (nSPS) is 11.9. The van der Waals surface area contributed by atoms with Crippen LogP contribution >= 0.6 is 0 Å². The molecule has 0 aliphatic carbocycles. The van der Waals surface area contributed by atoms with Gasteiger partial charge in [-0.05, 0) is 6.42 Å². The molecule has 1 atom stereocenters. The van der Waals surface area contributed by atoms with Gasteiger partial charge in [0.1, 0.15) is 6.10 Å². The van der Waals surface area contributed by atoms with E-state index in [2.05, 4.69) is 6.58 Å². The average molecular weight is 198 g/mol. The van der Waals surface area contributed by atoms with Crippen LogP contribution in [0.4, 0.5) is 0 Å². The lowest BCUT2D eigenvalue weighted by Gasteiger charge is -2.17. The number of Topliss-reactive ketones (excluding diaryl/α,β-unsaturated/α-hetero) is 1. The summed E-state index contributed by atoms with van der Waals surface area (Å²) in [5.41, 5.74) is 0.407. The van der Waals surface area contributed by atoms with Crippen molar-refractivity contribution in [2.75, 3.05) is 0 Å². The Morgan fingerprint density at radius 1 is 1.36 bits per heavy atom. The molecule has 3 heteroatoms. The highest BCUT2D eigenvalue weighted by Crippen LogP contribution is 2.14. The third-order valence-corrected chi connectivity index (χ3v) is 1.93. The summed E-state index contributed by atoms with van der Waals surface area (Å²) in [6.45, 7) is 8.75. The Morgan fingerprint density at radius 2 is 1.93 bits per heavy atom. The molecule has 0 amide bonds. The van der Waals surface area contributed by atoms with Crippen molar-refractivity contribution in [2.24, 2.45) is 0 Å². The fraction of sp³-hybridized carbons (Fsp3) is 0.636. The topological polar surface area (TPSA) is 43.4 Å². The van der Waals surface area contributed by atoms with Gasteiger partial charge in [0.15, 0.2) is 5.78 Å². The summed E-state index contributed by atoms with van der Waals surface area (Å²) in [4.78, 5) is 22.1. The van der Waals surface area contributed by atoms with Gasteiger partial charge < -0.3 is 4.74 Å². The van der Waals surface area contributed by atoms with Crippen LogP contribution in [0.15, 0.2) is 12.2 Å². The van der Waals surface area contributed by atoms with Crippen molar-refractivity contribution >= 4 is 11.8 Å². The molecule has 0 aromatic heterocycles. The van der Waals surface area contributed by atoms with Gasteiger partial charge in [0.25, 0.3) is 0 Å². The summed E-state index contributed by atoms with van der Waals surface area (Å²) < 4.78 is 5.02. The zero-order chi connectivity index (χ0) is 11.1. The number of rotatable bonds is 6. The van der Waals surface area contributed by atoms with Crippen LogP contribution < -0.4 is 0 Å². The van der Waals surface area contributed by atoms with E-state index in [-0.39, 0.29) is 11.8 Å². The first-order valence-electron chi connectivity index (χ1n) is 4.92. The van der Waals surface area contributed by atoms with Crippen molar-refractivity contribution in [3.8, 4) is 0 Å². The number of hydrogen-bond donors (Lipinski definition) is 0. The summed E-state index contributed by atoms with van der Waals surface area (Å²) in [6.07, 6.45) is 1.48. The number of ketones is 1. The maximum absolute atomic E-state index is 11.3. The first kappa shape index (κ1) is 12.9. The summed E-state index contributed by atoms with van der Waals surface area (Å²) in [5, 5.41) is 0. The Balaban J connectivity index is 4.39. The van der Waals surface area contributed by atoms with Crippen LogP contribution in [0.1, 0.15) is 40.0 Å². The monoisotopic (exact) mass is 198 g/mol. The van der Waals surface area contributed by atoms with E-state index in [0.29, 0.717) is 18.4 Å². The zero-order valence-electron chi connectivity index (χ0n) is 9.13. The Bertz CT molecular complexity index is 231. The second kappa shape index (κ2) is 6.35. The lowest BCUT2D eigenvalue weighted by molar-refractivity contribution is -0.145. The van der Waals surface area contributed by atoms with E-state index in [1.165, 1.54) is 6.92 Å². The van der Waals surface area contributed by atoms with Crippen LogP contribution in [0.3, 0.4) is 0 Å². The van der Waals surface area contributed by atoms with Crippen LogP contribution in [0.2, 0.25) is 0 Å². The smallest absolute Gasteiger partial charge is 0.303 e. The molecular formula is C11H18O3. The third-order valence-electron chi connectivity index (χ3n) is 1.93. The Labute approximate surface area is 85.1 Å². The van der Waals surface area contributed by atoms with Gasteiger partial charge >= 0.3 is 5.97 Å². The average Bonchev–Trinajstić information content (AvgIpc) is 2.14. The summed E-state index contributed by atoms with van der Waals surface area (Å²) >= 11 is 0. The maximum atomic E-state index is 11.3. The first-order chi connectivity index (χ1) is 6.52. The number of ether oxygens (including phenoxy) is 1. The molecule has 0 saturated heterocycles. The van der Waals surface area contributed by atoms with Crippen LogP contribution in [0.25, 0.3) is 0 Å². The molecule has 0 spiro atoms. The Morgan fingerprint density at radius 3 is 2.29 bits per heavy atom. The number of esters is 1. The minimum atomic E-state index is -0.440. The van der Waals surface area contributed by atoms with E-state index in [1.54, 1.807) is 6.92 Å². The highest BCUT2D eigenvalue weighted by molar-refractivity contribution is 5.95. The quantitative estimate of drug-likeness (QED) is 0.485. The van der Waals surface area contributed by atoms with E-state index in [1.807, 2.05) is 6.92 Å². The van der Waals surface area contributed by atoms with Gasteiger partial charge in [-0.1, -0.05) is 26.8 Å². The zero-order valence-corrected chi connectivity index (χ0v) is 9.13. The molecule has 0 bridgehead atoms. The van der Waals surface area contributed by atoms with Gasteiger partial charge in [0.2, 0.25) is 0 Å². The molecule has 3 nitrogen and oxygen atoms in total. The lowest BCUT2D eigenvalue weighted by Crippen LogP contribution is -2.22. The fourth-order valence-electron chi connectivity index (χ4n) is 1.17. The van der Waals surface area contributed by atoms with Crippen molar-refractivity contribution in [1.82, 2.24) is 0 Å². The van der Waals surface area contributed by atoms with E-state index in [4.69, 9.17) is 4.74 Å². The molecule has 0 aromatic rings. The van der Waals surface area contributed by atoms with E-state index < -0.39 is 6.10 Å². The standard InChI is InChI=1S/C11H18O3/c1-5-7-11(14-9(4)12)8(3)10(13)6-2/h11H,3,5-7H2,1-2,4H3. The molecule has 0 heterocycles. The van der Waals surface area contributed by atoms with E-state index in [0.717, 1.165) is 6.42 Å². The number of carbonyl (C=O) groups is 2. The second-order valence-electron chi connectivity index (χ2n) is 3.19. The molecule has 0 rings (SSSR count). The molecule has 1 unspecified atom stereocenters.